The van der Waals surface area contributed by atoms with Gasteiger partial charge >= 0.3 is 5.97 Å². The molecular weight excluding hydrogens is 391 g/mol. The fourth-order valence-electron chi connectivity index (χ4n) is 3.15. The van der Waals surface area contributed by atoms with E-state index in [1.807, 2.05) is 42.5 Å². The van der Waals surface area contributed by atoms with Gasteiger partial charge in [-0.15, -0.1) is 0 Å². The van der Waals surface area contributed by atoms with E-state index in [9.17, 15) is 23.6 Å². The first kappa shape index (κ1) is 23.0. The number of carboxylic acids is 1. The summed E-state index contributed by atoms with van der Waals surface area (Å²) in [6.45, 7) is 2.01. The largest absolute Gasteiger partial charge is 0.481 e. The van der Waals surface area contributed by atoms with Gasteiger partial charge < -0.3 is 15.7 Å². The minimum Gasteiger partial charge on any atom is -0.481 e. The van der Waals surface area contributed by atoms with E-state index in [1.165, 1.54) is 0 Å². The van der Waals surface area contributed by atoms with Crippen LogP contribution in [0.5, 0.6) is 0 Å². The molecule has 0 bridgehead atoms. The van der Waals surface area contributed by atoms with Gasteiger partial charge in [0.25, 0.3) is 0 Å². The SMILES string of the molecule is CC(C)[C@H](NC(=O)Cc1cccc2ccccc12)C(=O)N[C@@H](CC(=O)O)C(=O)CF. The van der Waals surface area contributed by atoms with Crippen molar-refractivity contribution in [3.63, 3.8) is 0 Å². The number of hydrogen-bond acceptors (Lipinski definition) is 4. The zero-order valence-electron chi connectivity index (χ0n) is 16.9. The molecule has 160 valence electrons. The number of amides is 2. The molecule has 0 saturated carbocycles. The van der Waals surface area contributed by atoms with Crippen LogP contribution in [0.2, 0.25) is 0 Å². The van der Waals surface area contributed by atoms with Crippen LogP contribution >= 0.6 is 0 Å². The van der Waals surface area contributed by atoms with Gasteiger partial charge in [-0.3, -0.25) is 19.2 Å². The lowest BCUT2D eigenvalue weighted by Crippen LogP contribution is -2.54. The van der Waals surface area contributed by atoms with Crippen molar-refractivity contribution in [2.24, 2.45) is 5.92 Å². The van der Waals surface area contributed by atoms with Crippen molar-refractivity contribution in [1.82, 2.24) is 10.6 Å². The molecule has 0 heterocycles. The minimum absolute atomic E-state index is 0.0415. The van der Waals surface area contributed by atoms with Gasteiger partial charge in [0.15, 0.2) is 5.78 Å². The van der Waals surface area contributed by atoms with Crippen molar-refractivity contribution in [3.05, 3.63) is 48.0 Å². The zero-order chi connectivity index (χ0) is 22.3. The van der Waals surface area contributed by atoms with E-state index >= 15 is 0 Å². The highest BCUT2D eigenvalue weighted by atomic mass is 19.1. The Kier molecular flexibility index (Phi) is 8.03. The van der Waals surface area contributed by atoms with Gasteiger partial charge in [0.05, 0.1) is 12.8 Å². The van der Waals surface area contributed by atoms with Gasteiger partial charge in [0, 0.05) is 0 Å². The van der Waals surface area contributed by atoms with Gasteiger partial charge in [-0.05, 0) is 22.3 Å². The summed E-state index contributed by atoms with van der Waals surface area (Å²) in [6, 6.07) is 10.7. The lowest BCUT2D eigenvalue weighted by atomic mass is 9.99. The first-order chi connectivity index (χ1) is 14.2. The molecule has 0 unspecified atom stereocenters. The van der Waals surface area contributed by atoms with E-state index in [1.54, 1.807) is 13.8 Å². The smallest absolute Gasteiger partial charge is 0.305 e. The number of halogens is 1. The molecule has 0 saturated heterocycles. The summed E-state index contributed by atoms with van der Waals surface area (Å²) in [6.07, 6.45) is -0.691. The Bertz CT molecular complexity index is 939. The molecule has 30 heavy (non-hydrogen) atoms. The molecule has 2 aromatic rings. The average molecular weight is 416 g/mol. The summed E-state index contributed by atoms with van der Waals surface area (Å²) in [7, 11) is 0. The second kappa shape index (κ2) is 10.5. The fraction of sp³-hybridized carbons (Fsp3) is 0.364. The monoisotopic (exact) mass is 416 g/mol. The van der Waals surface area contributed by atoms with Gasteiger partial charge in [-0.2, -0.15) is 0 Å². The molecule has 0 aliphatic carbocycles. The molecule has 0 aliphatic heterocycles. The molecule has 0 fully saturated rings. The number of alkyl halides is 1. The predicted octanol–water partition coefficient (Wildman–Crippen LogP) is 2.02. The number of carbonyl (C=O) groups excluding carboxylic acids is 3. The highest BCUT2D eigenvalue weighted by molar-refractivity contribution is 5.96. The van der Waals surface area contributed by atoms with Crippen molar-refractivity contribution in [2.45, 2.75) is 38.8 Å². The van der Waals surface area contributed by atoms with E-state index in [2.05, 4.69) is 10.6 Å². The Labute approximate surface area is 173 Å². The number of fused-ring (bicyclic) bond motifs is 1. The van der Waals surface area contributed by atoms with Gasteiger partial charge in [0.1, 0.15) is 18.8 Å². The highest BCUT2D eigenvalue weighted by Gasteiger charge is 2.30. The van der Waals surface area contributed by atoms with Crippen LogP contribution < -0.4 is 10.6 Å². The molecule has 0 aliphatic rings. The van der Waals surface area contributed by atoms with Gasteiger partial charge in [-0.25, -0.2) is 4.39 Å². The third-order valence-electron chi connectivity index (χ3n) is 4.71. The fourth-order valence-corrected chi connectivity index (χ4v) is 3.15. The zero-order valence-corrected chi connectivity index (χ0v) is 16.9. The Morgan fingerprint density at radius 3 is 2.30 bits per heavy atom. The molecule has 0 radical (unpaired) electrons. The van der Waals surface area contributed by atoms with Gasteiger partial charge in [0.2, 0.25) is 11.8 Å². The summed E-state index contributed by atoms with van der Waals surface area (Å²) in [5.41, 5.74) is 0.796. The molecule has 7 nitrogen and oxygen atoms in total. The molecule has 2 aromatic carbocycles. The lowest BCUT2D eigenvalue weighted by Gasteiger charge is -2.24. The number of benzene rings is 2. The third-order valence-corrected chi connectivity index (χ3v) is 4.71. The van der Waals surface area contributed by atoms with Crippen LogP contribution in [0, 0.1) is 5.92 Å². The summed E-state index contributed by atoms with van der Waals surface area (Å²) >= 11 is 0. The van der Waals surface area contributed by atoms with E-state index in [0.717, 1.165) is 16.3 Å². The van der Waals surface area contributed by atoms with Crippen molar-refractivity contribution >= 4 is 34.3 Å². The molecule has 0 spiro atoms. The van der Waals surface area contributed by atoms with Gasteiger partial charge in [-0.1, -0.05) is 56.3 Å². The summed E-state index contributed by atoms with van der Waals surface area (Å²) in [4.78, 5) is 47.8. The van der Waals surface area contributed by atoms with E-state index in [4.69, 9.17) is 5.11 Å². The Morgan fingerprint density at radius 2 is 1.67 bits per heavy atom. The summed E-state index contributed by atoms with van der Waals surface area (Å²) < 4.78 is 12.7. The number of Topliss-reactive ketones (excluding diaryl/α,β-unsaturated/α-hetero) is 1. The van der Waals surface area contributed by atoms with E-state index in [0.29, 0.717) is 0 Å². The van der Waals surface area contributed by atoms with Crippen LogP contribution in [0.4, 0.5) is 4.39 Å². The number of ketones is 1. The number of nitrogens with one attached hydrogen (secondary N) is 2. The number of aliphatic carboxylic acids is 1. The summed E-state index contributed by atoms with van der Waals surface area (Å²) in [5, 5.41) is 15.7. The highest BCUT2D eigenvalue weighted by Crippen LogP contribution is 2.19. The standard InChI is InChI=1S/C22H25FN2O5/c1-13(2)21(22(30)24-17(11-20(28)29)18(26)12-23)25-19(27)10-15-8-5-7-14-6-3-4-9-16(14)15/h3-9,13,17,21H,10-12H2,1-2H3,(H,24,30)(H,25,27)(H,28,29)/t17-,21-/m0/s1. The molecular formula is C22H25FN2O5. The van der Waals surface area contributed by atoms with Crippen LogP contribution in [-0.2, 0) is 25.6 Å². The van der Waals surface area contributed by atoms with Crippen LogP contribution in [0.3, 0.4) is 0 Å². The van der Waals surface area contributed by atoms with Crippen LogP contribution in [0.1, 0.15) is 25.8 Å². The second-order valence-electron chi connectivity index (χ2n) is 7.36. The minimum atomic E-state index is -1.49. The topological polar surface area (TPSA) is 113 Å². The maximum atomic E-state index is 12.7. The maximum Gasteiger partial charge on any atom is 0.305 e. The number of hydrogen-bond donors (Lipinski definition) is 3. The van der Waals surface area contributed by atoms with Crippen molar-refractivity contribution < 1.29 is 28.7 Å². The maximum absolute atomic E-state index is 12.7. The summed E-state index contributed by atoms with van der Waals surface area (Å²) in [5.74, 6) is -3.85. The third kappa shape index (κ3) is 6.10. The number of carboxylic acid groups (broad SMARTS) is 1. The van der Waals surface area contributed by atoms with Crippen LogP contribution in [0.25, 0.3) is 10.8 Å². The lowest BCUT2D eigenvalue weighted by molar-refractivity contribution is -0.140. The average Bonchev–Trinajstić information content (AvgIpc) is 2.70. The first-order valence-electron chi connectivity index (χ1n) is 9.59. The van der Waals surface area contributed by atoms with E-state index in [-0.39, 0.29) is 12.3 Å². The van der Waals surface area contributed by atoms with Crippen molar-refractivity contribution in [2.75, 3.05) is 6.67 Å². The normalized spacial score (nSPS) is 12.9. The quantitative estimate of drug-likeness (QED) is 0.549. The molecule has 2 rings (SSSR count). The first-order valence-corrected chi connectivity index (χ1v) is 9.59. The number of carbonyl (C=O) groups is 4. The molecule has 8 heteroatoms. The Morgan fingerprint density at radius 1 is 1.00 bits per heavy atom. The van der Waals surface area contributed by atoms with Crippen LogP contribution in [-0.4, -0.2) is 47.4 Å². The Hall–Kier alpha value is -3.29. The molecule has 3 N–H and O–H groups in total. The van der Waals surface area contributed by atoms with Crippen molar-refractivity contribution in [3.8, 4) is 0 Å². The molecule has 2 atom stereocenters. The molecule has 0 aromatic heterocycles. The number of rotatable bonds is 10. The Balaban J connectivity index is 2.11. The second-order valence-corrected chi connectivity index (χ2v) is 7.36. The van der Waals surface area contributed by atoms with E-state index < -0.39 is 48.7 Å². The van der Waals surface area contributed by atoms with Crippen LogP contribution in [0.15, 0.2) is 42.5 Å². The predicted molar refractivity (Wildman–Crippen MR) is 110 cm³/mol. The molecule has 2 amide bonds. The van der Waals surface area contributed by atoms with Crippen molar-refractivity contribution in [1.29, 1.82) is 0 Å².